The number of esters is 3. The quantitative estimate of drug-likeness (QED) is 0.0203. The van der Waals surface area contributed by atoms with E-state index in [1.54, 1.807) is 0 Å². The lowest BCUT2D eigenvalue weighted by Crippen LogP contribution is -2.59. The number of nitrogens with zero attached hydrogens (tertiary/aromatic N) is 1. The SMILES string of the molecule is O=C(CCN1C(=O)C=CC1=O)NCCOCCOCCOCCOCCC(=O)NC(COCCC(=O)Oc1c(F)c(F)cc(F)c1F)(COCCC(=O)Oc1c(F)c(F)cc(F)c1F)COCCC(=O)Oc1c(F)c(F)cc(F)c1F. The Labute approximate surface area is 450 Å². The zero-order chi connectivity index (χ0) is 59.6. The van der Waals surface area contributed by atoms with Gasteiger partial charge in [0, 0.05) is 56.3 Å². The van der Waals surface area contributed by atoms with E-state index < -0.39 is 194 Å². The molecule has 81 heavy (non-hydrogen) atoms. The number of benzene rings is 3. The van der Waals surface area contributed by atoms with Gasteiger partial charge in [-0.3, -0.25) is 38.5 Å². The molecular weight excluding hydrogens is 1130 g/mol. The van der Waals surface area contributed by atoms with Crippen LogP contribution in [-0.2, 0) is 66.7 Å². The molecule has 0 aromatic heterocycles. The van der Waals surface area contributed by atoms with Gasteiger partial charge in [0.1, 0.15) is 5.54 Å². The van der Waals surface area contributed by atoms with Crippen LogP contribution in [0.3, 0.4) is 0 Å². The molecular formula is C49H49F12N3O17. The highest BCUT2D eigenvalue weighted by Gasteiger charge is 2.35. The summed E-state index contributed by atoms with van der Waals surface area (Å²) in [5, 5.41) is 5.06. The minimum Gasteiger partial charge on any atom is -0.420 e. The predicted octanol–water partition coefficient (Wildman–Crippen LogP) is 4.44. The van der Waals surface area contributed by atoms with E-state index in [0.29, 0.717) is 0 Å². The Morgan fingerprint density at radius 3 is 1.05 bits per heavy atom. The molecule has 446 valence electrons. The summed E-state index contributed by atoms with van der Waals surface area (Å²) >= 11 is 0. The first-order valence-electron chi connectivity index (χ1n) is 23.8. The number of carbonyl (C=O) groups is 7. The number of hydrogen-bond acceptors (Lipinski definition) is 17. The van der Waals surface area contributed by atoms with Gasteiger partial charge in [-0.2, -0.15) is 26.3 Å². The van der Waals surface area contributed by atoms with Crippen LogP contribution in [0.5, 0.6) is 17.2 Å². The predicted molar refractivity (Wildman–Crippen MR) is 244 cm³/mol. The normalized spacial score (nSPS) is 12.3. The number of hydrogen-bond donors (Lipinski definition) is 2. The fourth-order valence-corrected chi connectivity index (χ4v) is 6.42. The van der Waals surface area contributed by atoms with Crippen molar-refractivity contribution in [1.29, 1.82) is 0 Å². The van der Waals surface area contributed by atoms with Gasteiger partial charge >= 0.3 is 17.9 Å². The van der Waals surface area contributed by atoms with Gasteiger partial charge in [-0.15, -0.1) is 0 Å². The molecule has 0 radical (unpaired) electrons. The van der Waals surface area contributed by atoms with Crippen LogP contribution in [0.1, 0.15) is 32.1 Å². The summed E-state index contributed by atoms with van der Waals surface area (Å²) in [6.45, 7) is -4.43. The Balaban J connectivity index is 1.31. The maximum absolute atomic E-state index is 14.2. The molecule has 0 atom stereocenters. The molecule has 4 rings (SSSR count). The van der Waals surface area contributed by atoms with Gasteiger partial charge in [0.05, 0.1) is 112 Å². The Morgan fingerprint density at radius 2 is 0.704 bits per heavy atom. The molecule has 0 aliphatic carbocycles. The molecule has 1 aliphatic heterocycles. The van der Waals surface area contributed by atoms with Gasteiger partial charge < -0.3 is 58.0 Å². The van der Waals surface area contributed by atoms with E-state index in [4.69, 9.17) is 33.2 Å². The third-order valence-electron chi connectivity index (χ3n) is 10.4. The fraction of sp³-hybridized carbons (Fsp3) is 0.449. The van der Waals surface area contributed by atoms with E-state index in [-0.39, 0.29) is 96.5 Å². The molecule has 0 saturated carbocycles. The first-order valence-corrected chi connectivity index (χ1v) is 23.8. The molecule has 1 aliphatic rings. The van der Waals surface area contributed by atoms with Crippen LogP contribution in [-0.4, -0.2) is 158 Å². The standard InChI is InChI=1S/C49H49F12N3O17/c50-27-21-28(51)41(57)46(40(27)56)79-37(69)5-11-76-24-49(25-77-12-6-38(70)80-47-42(58)29(52)22-30(53)43(47)59,26-78-13-7-39(71)81-48-44(60)31(54)23-32(55)45(48)61)63-34(66)4-10-72-15-17-74-19-20-75-18-16-73-14-8-62-33(65)3-9-64-35(67)1-2-36(64)68/h1-2,21-23H,3-20,24-26H2,(H,62,65)(H,63,66). The molecule has 4 amide bonds. The Bertz CT molecular complexity index is 2440. The summed E-state index contributed by atoms with van der Waals surface area (Å²) in [7, 11) is 0. The highest BCUT2D eigenvalue weighted by Crippen LogP contribution is 2.29. The number of imide groups is 1. The van der Waals surface area contributed by atoms with Crippen molar-refractivity contribution in [1.82, 2.24) is 15.5 Å². The monoisotopic (exact) mass is 1180 g/mol. The van der Waals surface area contributed by atoms with Crippen molar-refractivity contribution in [2.75, 3.05) is 106 Å². The molecule has 1 heterocycles. The molecule has 32 heteroatoms. The third kappa shape index (κ3) is 21.6. The number of rotatable bonds is 37. The van der Waals surface area contributed by atoms with Gasteiger partial charge in [-0.1, -0.05) is 0 Å². The molecule has 0 unspecified atom stereocenters. The first-order chi connectivity index (χ1) is 38.5. The minimum atomic E-state index is -2.06. The van der Waals surface area contributed by atoms with E-state index in [0.717, 1.165) is 17.1 Å². The lowest BCUT2D eigenvalue weighted by molar-refractivity contribution is -0.139. The molecule has 0 fully saturated rings. The average molecular weight is 1180 g/mol. The zero-order valence-electron chi connectivity index (χ0n) is 42.2. The Morgan fingerprint density at radius 1 is 0.395 bits per heavy atom. The van der Waals surface area contributed by atoms with E-state index >= 15 is 0 Å². The Hall–Kier alpha value is -7.23. The van der Waals surface area contributed by atoms with Gasteiger partial charge in [0.25, 0.3) is 11.8 Å². The number of nitrogens with one attached hydrogen (secondary N) is 2. The van der Waals surface area contributed by atoms with Crippen molar-refractivity contribution in [3.8, 4) is 17.2 Å². The van der Waals surface area contributed by atoms with Crippen LogP contribution < -0.4 is 24.8 Å². The van der Waals surface area contributed by atoms with E-state index in [1.165, 1.54) is 0 Å². The summed E-state index contributed by atoms with van der Waals surface area (Å²) < 4.78 is 218. The molecule has 0 saturated heterocycles. The average Bonchev–Trinajstić information content (AvgIpc) is 3.77. The van der Waals surface area contributed by atoms with Crippen LogP contribution in [0, 0.1) is 69.8 Å². The molecule has 3 aromatic carbocycles. The van der Waals surface area contributed by atoms with Crippen molar-refractivity contribution in [3.63, 3.8) is 0 Å². The lowest BCUT2D eigenvalue weighted by Gasteiger charge is -2.34. The molecule has 0 bridgehead atoms. The second-order valence-electron chi connectivity index (χ2n) is 16.5. The summed E-state index contributed by atoms with van der Waals surface area (Å²) in [5.74, 6) is -35.9. The fourth-order valence-electron chi connectivity index (χ4n) is 6.42. The van der Waals surface area contributed by atoms with E-state index in [9.17, 15) is 86.2 Å². The van der Waals surface area contributed by atoms with Crippen molar-refractivity contribution in [2.45, 2.75) is 37.6 Å². The van der Waals surface area contributed by atoms with Gasteiger partial charge in [0.15, 0.2) is 34.9 Å². The number of ether oxygens (including phenoxy) is 10. The summed E-state index contributed by atoms with van der Waals surface area (Å²) in [6, 6.07) is -0.463. The van der Waals surface area contributed by atoms with Crippen molar-refractivity contribution < 1.29 is 134 Å². The van der Waals surface area contributed by atoms with Crippen molar-refractivity contribution in [2.24, 2.45) is 0 Å². The number of amides is 4. The lowest BCUT2D eigenvalue weighted by atomic mass is 10.0. The van der Waals surface area contributed by atoms with Gasteiger partial charge in [0.2, 0.25) is 64.0 Å². The molecule has 20 nitrogen and oxygen atoms in total. The Kier molecular flexibility index (Phi) is 27.4. The minimum absolute atomic E-state index is 0.00115. The maximum Gasteiger partial charge on any atom is 0.313 e. The molecule has 3 aromatic rings. The molecule has 2 N–H and O–H groups in total. The van der Waals surface area contributed by atoms with E-state index in [2.05, 4.69) is 24.8 Å². The van der Waals surface area contributed by atoms with Gasteiger partial charge in [-0.05, 0) is 0 Å². The van der Waals surface area contributed by atoms with Crippen molar-refractivity contribution in [3.05, 3.63) is 100 Å². The van der Waals surface area contributed by atoms with Crippen LogP contribution in [0.25, 0.3) is 0 Å². The smallest absolute Gasteiger partial charge is 0.313 e. The first kappa shape index (κ1) is 66.3. The van der Waals surface area contributed by atoms with Crippen LogP contribution in [0.15, 0.2) is 30.4 Å². The van der Waals surface area contributed by atoms with Crippen LogP contribution in [0.2, 0.25) is 0 Å². The largest absolute Gasteiger partial charge is 0.420 e. The third-order valence-corrected chi connectivity index (χ3v) is 10.4. The van der Waals surface area contributed by atoms with Gasteiger partial charge in [-0.25, -0.2) is 26.3 Å². The second-order valence-corrected chi connectivity index (χ2v) is 16.5. The summed E-state index contributed by atoms with van der Waals surface area (Å²) in [4.78, 5) is 86.8. The topological polar surface area (TPSA) is 239 Å². The second kappa shape index (κ2) is 33.5. The maximum atomic E-state index is 14.2. The van der Waals surface area contributed by atoms with E-state index in [1.807, 2.05) is 0 Å². The van der Waals surface area contributed by atoms with Crippen LogP contribution >= 0.6 is 0 Å². The highest BCUT2D eigenvalue weighted by molar-refractivity contribution is 6.13. The highest BCUT2D eigenvalue weighted by atomic mass is 19.2. The summed E-state index contributed by atoms with van der Waals surface area (Å²) in [6.07, 6.45) is -1.09. The van der Waals surface area contributed by atoms with Crippen molar-refractivity contribution >= 4 is 41.5 Å². The van der Waals surface area contributed by atoms with Crippen LogP contribution in [0.4, 0.5) is 52.7 Å². The summed E-state index contributed by atoms with van der Waals surface area (Å²) in [5.41, 5.74) is -2.05. The zero-order valence-corrected chi connectivity index (χ0v) is 42.2. The number of halogens is 12. The number of carbonyl (C=O) groups excluding carboxylic acids is 7. The molecule has 0 spiro atoms.